The van der Waals surface area contributed by atoms with Crippen LogP contribution in [0.15, 0.2) is 47.2 Å². The van der Waals surface area contributed by atoms with Gasteiger partial charge in [-0.25, -0.2) is 9.78 Å². The molecule has 0 saturated carbocycles. The number of hydrogen-bond donors (Lipinski definition) is 2. The Kier molecular flexibility index (Phi) is 5.96. The molecule has 4 aromatic rings. The van der Waals surface area contributed by atoms with E-state index in [1.807, 2.05) is 37.4 Å². The Hall–Kier alpha value is -4.54. The lowest BCUT2D eigenvalue weighted by Gasteiger charge is -2.34. The van der Waals surface area contributed by atoms with E-state index in [4.69, 9.17) is 9.63 Å². The molecule has 1 aliphatic heterocycles. The molecule has 0 radical (unpaired) electrons. The summed E-state index contributed by atoms with van der Waals surface area (Å²) in [5, 5.41) is 16.0. The molecule has 1 saturated heterocycles. The predicted octanol–water partition coefficient (Wildman–Crippen LogP) is 3.54. The summed E-state index contributed by atoms with van der Waals surface area (Å²) in [6, 6.07) is 9.18. The van der Waals surface area contributed by atoms with Crippen molar-refractivity contribution in [1.29, 1.82) is 0 Å². The van der Waals surface area contributed by atoms with Gasteiger partial charge in [0.2, 0.25) is 11.7 Å². The molecule has 11 nitrogen and oxygen atoms in total. The second-order valence-corrected chi connectivity index (χ2v) is 8.94. The fraction of sp³-hybridized carbons (Fsp3) is 0.280. The zero-order chi connectivity index (χ0) is 25.4. The topological polar surface area (TPSA) is 143 Å². The molecular weight excluding hydrogens is 464 g/mol. The van der Waals surface area contributed by atoms with Crippen LogP contribution in [0.1, 0.15) is 46.8 Å². The Morgan fingerprint density at radius 1 is 1.19 bits per heavy atom. The Morgan fingerprint density at radius 3 is 2.75 bits per heavy atom. The summed E-state index contributed by atoms with van der Waals surface area (Å²) in [6.45, 7) is 4.08. The van der Waals surface area contributed by atoms with Crippen molar-refractivity contribution in [3.8, 4) is 11.4 Å². The van der Waals surface area contributed by atoms with Crippen LogP contribution in [0.3, 0.4) is 0 Å². The maximum atomic E-state index is 13.2. The Bertz CT molecular complexity index is 1480. The van der Waals surface area contributed by atoms with Crippen molar-refractivity contribution >= 4 is 29.1 Å². The van der Waals surface area contributed by atoms with Crippen molar-refractivity contribution in [2.45, 2.75) is 32.6 Å². The van der Waals surface area contributed by atoms with E-state index in [0.29, 0.717) is 60.2 Å². The van der Waals surface area contributed by atoms with Gasteiger partial charge in [0.05, 0.1) is 12.1 Å². The van der Waals surface area contributed by atoms with Gasteiger partial charge in [0.25, 0.3) is 5.91 Å². The van der Waals surface area contributed by atoms with E-state index in [0.717, 1.165) is 11.1 Å². The third kappa shape index (κ3) is 4.54. The normalized spacial score (nSPS) is 13.6. The first-order valence-electron chi connectivity index (χ1n) is 11.5. The van der Waals surface area contributed by atoms with Gasteiger partial charge in [0.15, 0.2) is 0 Å². The summed E-state index contributed by atoms with van der Waals surface area (Å²) in [5.41, 5.74) is 4.04. The summed E-state index contributed by atoms with van der Waals surface area (Å²) in [4.78, 5) is 45.5. The number of Topliss-reactive ketones (excluding diaryl/α,β-unsaturated/α-hetero) is 1. The number of nitrogens with one attached hydrogen (secondary N) is 1. The zero-order valence-corrected chi connectivity index (χ0v) is 19.8. The van der Waals surface area contributed by atoms with Crippen molar-refractivity contribution in [2.75, 3.05) is 18.4 Å². The summed E-state index contributed by atoms with van der Waals surface area (Å²) in [7, 11) is 0. The molecule has 4 heterocycles. The number of nitrogens with zero attached hydrogens (tertiary/aromatic N) is 5. The summed E-state index contributed by atoms with van der Waals surface area (Å²) in [5.74, 6) is 0.405. The number of aryl methyl sites for hydroxylation is 2. The number of hydrogen-bond acceptors (Lipinski definition) is 7. The minimum atomic E-state index is -0.969. The molecular formula is C25H24N6O5. The minimum absolute atomic E-state index is 0.109. The quantitative estimate of drug-likeness (QED) is 0.402. The van der Waals surface area contributed by atoms with Crippen molar-refractivity contribution < 1.29 is 24.0 Å². The summed E-state index contributed by atoms with van der Waals surface area (Å²) >= 11 is 0. The van der Waals surface area contributed by atoms with Crippen molar-refractivity contribution in [2.24, 2.45) is 0 Å². The standard InChI is InChI=1S/C25H24N6O5/c1-14-3-7-17(22-28-24(36-29-22)18-12-30(13-18)25(34)35)9-19(14)27-23(33)20-10-26-21-8-6-16(11-31(20)21)5-4-15(2)32/h3,6-11,18H,4-5,12-13H2,1-2H3,(H,27,33)(H,34,35). The van der Waals surface area contributed by atoms with Crippen LogP contribution in [0.5, 0.6) is 0 Å². The van der Waals surface area contributed by atoms with Gasteiger partial charge in [0.1, 0.15) is 17.1 Å². The van der Waals surface area contributed by atoms with Crippen LogP contribution in [0.25, 0.3) is 17.0 Å². The summed E-state index contributed by atoms with van der Waals surface area (Å²) < 4.78 is 7.07. The highest BCUT2D eigenvalue weighted by Gasteiger charge is 2.35. The monoisotopic (exact) mass is 488 g/mol. The number of benzene rings is 1. The summed E-state index contributed by atoms with van der Waals surface area (Å²) in [6.07, 6.45) is 3.40. The largest absolute Gasteiger partial charge is 0.465 e. The smallest absolute Gasteiger partial charge is 0.407 e. The molecule has 11 heteroatoms. The first-order valence-corrected chi connectivity index (χ1v) is 11.5. The average molecular weight is 489 g/mol. The van der Waals surface area contributed by atoms with E-state index < -0.39 is 6.09 Å². The number of fused-ring (bicyclic) bond motifs is 1. The van der Waals surface area contributed by atoms with Crippen LogP contribution in [-0.2, 0) is 11.2 Å². The average Bonchev–Trinajstić information content (AvgIpc) is 3.45. The molecule has 36 heavy (non-hydrogen) atoms. The van der Waals surface area contributed by atoms with Crippen LogP contribution >= 0.6 is 0 Å². The highest BCUT2D eigenvalue weighted by Crippen LogP contribution is 2.29. The number of anilines is 1. The third-order valence-corrected chi connectivity index (χ3v) is 6.25. The zero-order valence-electron chi connectivity index (χ0n) is 19.8. The second-order valence-electron chi connectivity index (χ2n) is 8.94. The molecule has 0 unspecified atom stereocenters. The number of carbonyl (C=O) groups excluding carboxylic acids is 2. The fourth-order valence-electron chi connectivity index (χ4n) is 4.05. The molecule has 5 rings (SSSR count). The van der Waals surface area contributed by atoms with E-state index in [1.165, 1.54) is 11.1 Å². The van der Waals surface area contributed by atoms with E-state index >= 15 is 0 Å². The Labute approximate surface area is 205 Å². The van der Waals surface area contributed by atoms with Crippen LogP contribution < -0.4 is 5.32 Å². The van der Waals surface area contributed by atoms with Crippen molar-refractivity contribution in [3.63, 3.8) is 0 Å². The number of carbonyl (C=O) groups is 3. The second kappa shape index (κ2) is 9.25. The molecule has 184 valence electrons. The van der Waals surface area contributed by atoms with Gasteiger partial charge in [-0.2, -0.15) is 4.98 Å². The van der Waals surface area contributed by atoms with E-state index in [1.54, 1.807) is 17.4 Å². The Morgan fingerprint density at radius 2 is 2.00 bits per heavy atom. The molecule has 1 aliphatic rings. The first kappa shape index (κ1) is 23.2. The molecule has 0 aliphatic carbocycles. The molecule has 0 atom stereocenters. The van der Waals surface area contributed by atoms with Crippen LogP contribution in [0, 0.1) is 6.92 Å². The van der Waals surface area contributed by atoms with Gasteiger partial charge in [-0.15, -0.1) is 0 Å². The number of ketones is 1. The van der Waals surface area contributed by atoms with Gasteiger partial charge >= 0.3 is 6.09 Å². The lowest BCUT2D eigenvalue weighted by molar-refractivity contribution is -0.116. The first-order chi connectivity index (χ1) is 17.3. The molecule has 3 aromatic heterocycles. The molecule has 1 fully saturated rings. The fourth-order valence-corrected chi connectivity index (χ4v) is 4.05. The molecule has 2 N–H and O–H groups in total. The minimum Gasteiger partial charge on any atom is -0.465 e. The van der Waals surface area contributed by atoms with Crippen LogP contribution in [0.2, 0.25) is 0 Å². The number of rotatable bonds is 7. The van der Waals surface area contributed by atoms with E-state index in [-0.39, 0.29) is 17.6 Å². The van der Waals surface area contributed by atoms with E-state index in [2.05, 4.69) is 20.4 Å². The van der Waals surface area contributed by atoms with Crippen LogP contribution in [0.4, 0.5) is 10.5 Å². The molecule has 1 aromatic carbocycles. The number of likely N-dealkylation sites (tertiary alicyclic amines) is 1. The van der Waals surface area contributed by atoms with Gasteiger partial charge in [0, 0.05) is 37.0 Å². The lowest BCUT2D eigenvalue weighted by Crippen LogP contribution is -2.47. The maximum Gasteiger partial charge on any atom is 0.407 e. The van der Waals surface area contributed by atoms with Gasteiger partial charge in [-0.3, -0.25) is 9.20 Å². The Balaban J connectivity index is 1.34. The van der Waals surface area contributed by atoms with Crippen molar-refractivity contribution in [1.82, 2.24) is 24.4 Å². The SMILES string of the molecule is CC(=O)CCc1ccc2ncc(C(=O)Nc3cc(-c4noc(C5CN(C(=O)O)C5)n4)ccc3C)n2c1. The van der Waals surface area contributed by atoms with Gasteiger partial charge in [-0.1, -0.05) is 23.4 Å². The third-order valence-electron chi connectivity index (χ3n) is 6.25. The molecule has 0 spiro atoms. The van der Waals surface area contributed by atoms with Gasteiger partial charge < -0.3 is 24.6 Å². The molecule has 0 bridgehead atoms. The highest BCUT2D eigenvalue weighted by atomic mass is 16.5. The lowest BCUT2D eigenvalue weighted by atomic mass is 10.0. The van der Waals surface area contributed by atoms with E-state index in [9.17, 15) is 14.4 Å². The highest BCUT2D eigenvalue weighted by molar-refractivity contribution is 6.04. The van der Waals surface area contributed by atoms with Crippen molar-refractivity contribution in [3.05, 3.63) is 65.4 Å². The number of aromatic nitrogens is 4. The number of carboxylic acid groups (broad SMARTS) is 1. The predicted molar refractivity (Wildman–Crippen MR) is 129 cm³/mol. The number of pyridine rings is 1. The number of amides is 2. The maximum absolute atomic E-state index is 13.2. The van der Waals surface area contributed by atoms with Crippen LogP contribution in [-0.4, -0.2) is 60.4 Å². The number of imidazole rings is 1. The van der Waals surface area contributed by atoms with Gasteiger partial charge in [-0.05, 0) is 43.5 Å². The molecule has 2 amide bonds.